The number of carbonyl (C=O) groups excluding carboxylic acids is 1. The van der Waals surface area contributed by atoms with E-state index in [0.29, 0.717) is 18.1 Å². The molecular formula is C22H24O9. The molecule has 1 fully saturated rings. The number of phenols is 1. The number of carbonyl (C=O) groups is 1. The van der Waals surface area contributed by atoms with Crippen LogP contribution in [0.4, 0.5) is 0 Å². The second-order valence-electron chi connectivity index (χ2n) is 7.61. The van der Waals surface area contributed by atoms with Gasteiger partial charge in [0.1, 0.15) is 35.6 Å². The zero-order valence-corrected chi connectivity index (χ0v) is 16.7. The molecule has 31 heavy (non-hydrogen) atoms. The normalized spacial score (nSPS) is 30.1. The Morgan fingerprint density at radius 1 is 1.03 bits per heavy atom. The van der Waals surface area contributed by atoms with Crippen LogP contribution in [-0.4, -0.2) is 70.8 Å². The maximum Gasteiger partial charge on any atom is 0.337 e. The molecule has 4 rings (SSSR count). The van der Waals surface area contributed by atoms with Crippen molar-refractivity contribution in [3.63, 3.8) is 0 Å². The number of aliphatic hydroxyl groups is 3. The number of aliphatic hydroxyl groups excluding tert-OH is 3. The molecule has 2 heterocycles. The van der Waals surface area contributed by atoms with Crippen LogP contribution in [0.3, 0.4) is 0 Å². The minimum atomic E-state index is -1.65. The Morgan fingerprint density at radius 3 is 2.48 bits per heavy atom. The van der Waals surface area contributed by atoms with Crippen molar-refractivity contribution in [2.24, 2.45) is 0 Å². The molecule has 2 aromatic rings. The van der Waals surface area contributed by atoms with Gasteiger partial charge >= 0.3 is 5.97 Å². The highest BCUT2D eigenvalue weighted by Crippen LogP contribution is 2.36. The topological polar surface area (TPSA) is 135 Å². The Morgan fingerprint density at radius 2 is 1.77 bits per heavy atom. The summed E-state index contributed by atoms with van der Waals surface area (Å²) in [5.41, 5.74) is 2.02. The van der Waals surface area contributed by atoms with Crippen molar-refractivity contribution in [1.82, 2.24) is 0 Å². The van der Waals surface area contributed by atoms with Gasteiger partial charge in [-0.25, -0.2) is 4.79 Å². The molecule has 166 valence electrons. The molecule has 0 radical (unpaired) electrons. The fraction of sp³-hybridized carbons (Fsp3) is 0.409. The summed E-state index contributed by atoms with van der Waals surface area (Å²) in [6, 6.07) is 12.2. The van der Waals surface area contributed by atoms with Crippen LogP contribution in [0.5, 0.6) is 17.2 Å². The molecule has 6 atom stereocenters. The molecule has 0 saturated carbocycles. The molecule has 0 aliphatic carbocycles. The lowest BCUT2D eigenvalue weighted by Crippen LogP contribution is -2.61. The van der Waals surface area contributed by atoms with Crippen molar-refractivity contribution in [2.45, 2.75) is 43.0 Å². The predicted octanol–water partition coefficient (Wildman–Crippen LogP) is 0.470. The van der Waals surface area contributed by atoms with Gasteiger partial charge < -0.3 is 39.4 Å². The molecule has 0 amide bonds. The Hall–Kier alpha value is -2.85. The summed E-state index contributed by atoms with van der Waals surface area (Å²) >= 11 is 0. The molecule has 0 bridgehead atoms. The van der Waals surface area contributed by atoms with E-state index < -0.39 is 36.7 Å². The Labute approximate surface area is 178 Å². The third-order valence-electron chi connectivity index (χ3n) is 5.56. The van der Waals surface area contributed by atoms with Crippen molar-refractivity contribution in [3.05, 3.63) is 53.6 Å². The fourth-order valence-electron chi connectivity index (χ4n) is 3.78. The summed E-state index contributed by atoms with van der Waals surface area (Å²) < 4.78 is 21.4. The van der Waals surface area contributed by atoms with Gasteiger partial charge in [-0.15, -0.1) is 0 Å². The molecule has 0 unspecified atom stereocenters. The first-order valence-corrected chi connectivity index (χ1v) is 9.86. The van der Waals surface area contributed by atoms with E-state index >= 15 is 0 Å². The fourth-order valence-corrected chi connectivity index (χ4v) is 3.78. The molecule has 2 aromatic carbocycles. The summed E-state index contributed by atoms with van der Waals surface area (Å²) in [6.45, 7) is 0.444. The number of rotatable bonds is 4. The standard InChI is InChI=1S/C22H24O9/c1-28-21(27)20-18(25)17(24)19(26)22(31-20)30-15-7-4-12-8-13(10-29-16(12)9-15)11-2-5-14(23)6-3-11/h2-7,9,13,17-20,22-26H,8,10H2,1H3/t13-,17-,18-,19-,20-,22+/m0/s1. The first kappa shape index (κ1) is 21.4. The molecule has 2 aliphatic heterocycles. The van der Waals surface area contributed by atoms with Gasteiger partial charge in [-0.1, -0.05) is 18.2 Å². The lowest BCUT2D eigenvalue weighted by Gasteiger charge is -2.39. The van der Waals surface area contributed by atoms with E-state index in [0.717, 1.165) is 24.7 Å². The minimum absolute atomic E-state index is 0.140. The van der Waals surface area contributed by atoms with E-state index in [2.05, 4.69) is 4.74 Å². The zero-order chi connectivity index (χ0) is 22.1. The lowest BCUT2D eigenvalue weighted by molar-refractivity contribution is -0.271. The maximum atomic E-state index is 11.8. The first-order valence-electron chi connectivity index (χ1n) is 9.86. The van der Waals surface area contributed by atoms with Crippen LogP contribution in [0.15, 0.2) is 42.5 Å². The van der Waals surface area contributed by atoms with E-state index in [1.807, 2.05) is 18.2 Å². The monoisotopic (exact) mass is 432 g/mol. The van der Waals surface area contributed by atoms with E-state index in [-0.39, 0.29) is 11.7 Å². The van der Waals surface area contributed by atoms with Gasteiger partial charge in [0.2, 0.25) is 6.29 Å². The molecule has 9 heteroatoms. The number of aromatic hydroxyl groups is 1. The first-order chi connectivity index (χ1) is 14.9. The predicted molar refractivity (Wildman–Crippen MR) is 106 cm³/mol. The van der Waals surface area contributed by atoms with Crippen molar-refractivity contribution >= 4 is 5.97 Å². The van der Waals surface area contributed by atoms with Crippen LogP contribution < -0.4 is 9.47 Å². The van der Waals surface area contributed by atoms with Gasteiger partial charge in [0.05, 0.1) is 13.7 Å². The number of benzene rings is 2. The highest BCUT2D eigenvalue weighted by molar-refractivity contribution is 5.75. The van der Waals surface area contributed by atoms with Gasteiger partial charge in [-0.05, 0) is 35.7 Å². The van der Waals surface area contributed by atoms with Crippen LogP contribution in [-0.2, 0) is 20.7 Å². The van der Waals surface area contributed by atoms with Crippen molar-refractivity contribution < 1.29 is 44.2 Å². The number of hydrogen-bond acceptors (Lipinski definition) is 9. The molecule has 9 nitrogen and oxygen atoms in total. The number of hydrogen-bond donors (Lipinski definition) is 4. The SMILES string of the molecule is COC(=O)[C@H]1O[C@@H](Oc2ccc3c(c2)OC[C@@H](c2ccc(O)cc2)C3)[C@@H](O)[C@@H](O)[C@@H]1O. The summed E-state index contributed by atoms with van der Waals surface area (Å²) in [4.78, 5) is 11.8. The van der Waals surface area contributed by atoms with Crippen molar-refractivity contribution in [2.75, 3.05) is 13.7 Å². The number of methoxy groups -OCH3 is 1. The quantitative estimate of drug-likeness (QED) is 0.509. The number of fused-ring (bicyclic) bond motifs is 1. The molecule has 2 aliphatic rings. The van der Waals surface area contributed by atoms with E-state index in [1.54, 1.807) is 24.3 Å². The summed E-state index contributed by atoms with van der Waals surface area (Å²) in [7, 11) is 1.12. The van der Waals surface area contributed by atoms with Gasteiger partial charge in [-0.2, -0.15) is 0 Å². The average molecular weight is 432 g/mol. The van der Waals surface area contributed by atoms with Crippen LogP contribution in [0.1, 0.15) is 17.0 Å². The minimum Gasteiger partial charge on any atom is -0.508 e. The van der Waals surface area contributed by atoms with Crippen LogP contribution in [0.2, 0.25) is 0 Å². The van der Waals surface area contributed by atoms with Crippen molar-refractivity contribution in [1.29, 1.82) is 0 Å². The Bertz CT molecular complexity index is 929. The van der Waals surface area contributed by atoms with Gasteiger partial charge in [0, 0.05) is 12.0 Å². The maximum absolute atomic E-state index is 11.8. The average Bonchev–Trinajstić information content (AvgIpc) is 2.79. The Balaban J connectivity index is 1.47. The highest BCUT2D eigenvalue weighted by Gasteiger charge is 2.48. The number of ether oxygens (including phenoxy) is 4. The largest absolute Gasteiger partial charge is 0.508 e. The zero-order valence-electron chi connectivity index (χ0n) is 16.7. The second kappa shape index (κ2) is 8.72. The number of phenolic OH excluding ortho intramolecular Hbond substituents is 1. The highest BCUT2D eigenvalue weighted by atomic mass is 16.7. The van der Waals surface area contributed by atoms with Crippen molar-refractivity contribution in [3.8, 4) is 17.2 Å². The van der Waals surface area contributed by atoms with Gasteiger partial charge in [0.15, 0.2) is 6.10 Å². The van der Waals surface area contributed by atoms with Gasteiger partial charge in [0.25, 0.3) is 0 Å². The van der Waals surface area contributed by atoms with Crippen LogP contribution >= 0.6 is 0 Å². The number of esters is 1. The molecule has 4 N–H and O–H groups in total. The van der Waals surface area contributed by atoms with Gasteiger partial charge in [-0.3, -0.25) is 0 Å². The molecule has 1 saturated heterocycles. The van der Waals surface area contributed by atoms with E-state index in [4.69, 9.17) is 14.2 Å². The van der Waals surface area contributed by atoms with E-state index in [1.165, 1.54) is 0 Å². The molecule has 0 aromatic heterocycles. The molecular weight excluding hydrogens is 408 g/mol. The lowest BCUT2D eigenvalue weighted by atomic mass is 9.90. The van der Waals surface area contributed by atoms with E-state index in [9.17, 15) is 25.2 Å². The Kier molecular flexibility index (Phi) is 6.01. The second-order valence-corrected chi connectivity index (χ2v) is 7.61. The summed E-state index contributed by atoms with van der Waals surface area (Å²) in [5.74, 6) is 0.379. The third kappa shape index (κ3) is 4.31. The third-order valence-corrected chi connectivity index (χ3v) is 5.56. The smallest absolute Gasteiger partial charge is 0.337 e. The summed E-state index contributed by atoms with van der Waals surface area (Å²) in [5, 5.41) is 39.7. The van der Waals surface area contributed by atoms with Crippen LogP contribution in [0, 0.1) is 0 Å². The van der Waals surface area contributed by atoms with Crippen LogP contribution in [0.25, 0.3) is 0 Å². The molecule has 0 spiro atoms. The summed E-state index contributed by atoms with van der Waals surface area (Å²) in [6.07, 6.45) is -7.03.